The number of hydrogen-bond acceptors (Lipinski definition) is 4. The van der Waals surface area contributed by atoms with Gasteiger partial charge in [0.2, 0.25) is 11.8 Å². The van der Waals surface area contributed by atoms with Crippen LogP contribution in [0.4, 0.5) is 0 Å². The molecule has 0 bridgehead atoms. The van der Waals surface area contributed by atoms with Gasteiger partial charge in [-0.1, -0.05) is 0 Å². The van der Waals surface area contributed by atoms with Gasteiger partial charge in [-0.2, -0.15) is 0 Å². The smallest absolute Gasteiger partial charge is 0.239 e. The van der Waals surface area contributed by atoms with Crippen LogP contribution in [0.25, 0.3) is 0 Å². The molecule has 3 N–H and O–H groups in total. The first kappa shape index (κ1) is 24.5. The van der Waals surface area contributed by atoms with Gasteiger partial charge in [-0.3, -0.25) is 4.79 Å². The zero-order valence-electron chi connectivity index (χ0n) is 17.4. The fourth-order valence-corrected chi connectivity index (χ4v) is 2.93. The minimum Gasteiger partial charge on any atom is -0.474 e. The summed E-state index contributed by atoms with van der Waals surface area (Å²) in [5, 5.41) is 9.15. The van der Waals surface area contributed by atoms with E-state index in [9.17, 15) is 4.79 Å². The average Bonchev–Trinajstić information content (AvgIpc) is 3.09. The Morgan fingerprint density at radius 3 is 2.64 bits per heavy atom. The number of guanidine groups is 1. The van der Waals surface area contributed by atoms with Crippen molar-refractivity contribution in [3.8, 4) is 5.88 Å². The number of ether oxygens (including phenoxy) is 1. The molecule has 0 spiro atoms. The molecular formula is C20H34IN5O2. The number of aliphatic imine (C=N–C) groups is 1. The summed E-state index contributed by atoms with van der Waals surface area (Å²) < 4.78 is 5.95. The second-order valence-corrected chi connectivity index (χ2v) is 7.87. The van der Waals surface area contributed by atoms with E-state index in [2.05, 4.69) is 25.9 Å². The Hall–Kier alpha value is -1.58. The Labute approximate surface area is 185 Å². The summed E-state index contributed by atoms with van der Waals surface area (Å²) in [5.41, 5.74) is 0.774. The second kappa shape index (κ2) is 12.1. The van der Waals surface area contributed by atoms with E-state index in [0.717, 1.165) is 24.9 Å². The maximum atomic E-state index is 12.0. The summed E-state index contributed by atoms with van der Waals surface area (Å²) in [4.78, 5) is 20.8. The van der Waals surface area contributed by atoms with Gasteiger partial charge in [0, 0.05) is 24.3 Å². The van der Waals surface area contributed by atoms with E-state index < -0.39 is 0 Å². The van der Waals surface area contributed by atoms with Crippen LogP contribution in [0.15, 0.2) is 23.3 Å². The van der Waals surface area contributed by atoms with Crippen LogP contribution in [0.5, 0.6) is 5.88 Å². The highest BCUT2D eigenvalue weighted by Crippen LogP contribution is 2.23. The largest absolute Gasteiger partial charge is 0.474 e. The lowest BCUT2D eigenvalue weighted by molar-refractivity contribution is -0.121. The van der Waals surface area contributed by atoms with E-state index in [1.54, 1.807) is 6.20 Å². The van der Waals surface area contributed by atoms with Gasteiger partial charge in [0.25, 0.3) is 0 Å². The summed E-state index contributed by atoms with van der Waals surface area (Å²) in [5.74, 6) is 1.21. The highest BCUT2D eigenvalue weighted by molar-refractivity contribution is 14.0. The molecule has 1 amide bonds. The third-order valence-corrected chi connectivity index (χ3v) is 4.08. The zero-order chi connectivity index (χ0) is 19.7. The molecule has 28 heavy (non-hydrogen) atoms. The standard InChI is InChI=1S/C20H33N5O2.HI/c1-5-21-19(24-14-17(26)25-20(2,3)4)23-13-15-10-11-22-18(12-15)27-16-8-6-7-9-16;/h10-12,16H,5-9,13-14H2,1-4H3,(H,25,26)(H2,21,23,24);1H. The summed E-state index contributed by atoms with van der Waals surface area (Å²) in [7, 11) is 0. The highest BCUT2D eigenvalue weighted by atomic mass is 127. The first-order valence-corrected chi connectivity index (χ1v) is 9.80. The summed E-state index contributed by atoms with van der Waals surface area (Å²) in [6.45, 7) is 9.25. The third-order valence-electron chi connectivity index (χ3n) is 4.08. The molecule has 1 saturated carbocycles. The topological polar surface area (TPSA) is 87.6 Å². The van der Waals surface area contributed by atoms with Gasteiger partial charge in [0.1, 0.15) is 6.10 Å². The van der Waals surface area contributed by atoms with Crippen molar-refractivity contribution in [1.29, 1.82) is 0 Å². The Morgan fingerprint density at radius 2 is 2.00 bits per heavy atom. The van der Waals surface area contributed by atoms with Crippen LogP contribution in [-0.4, -0.2) is 41.6 Å². The molecule has 1 heterocycles. The van der Waals surface area contributed by atoms with Crippen molar-refractivity contribution in [2.75, 3.05) is 13.1 Å². The molecular weight excluding hydrogens is 469 g/mol. The number of aromatic nitrogens is 1. The van der Waals surface area contributed by atoms with Gasteiger partial charge in [-0.05, 0) is 65.0 Å². The van der Waals surface area contributed by atoms with Crippen LogP contribution >= 0.6 is 24.0 Å². The number of halogens is 1. The average molecular weight is 503 g/mol. The fourth-order valence-electron chi connectivity index (χ4n) is 2.93. The first-order valence-electron chi connectivity index (χ1n) is 9.80. The lowest BCUT2D eigenvalue weighted by Crippen LogP contribution is -2.48. The van der Waals surface area contributed by atoms with Gasteiger partial charge in [0.15, 0.2) is 5.96 Å². The number of amides is 1. The van der Waals surface area contributed by atoms with Crippen LogP contribution in [0.3, 0.4) is 0 Å². The van der Waals surface area contributed by atoms with E-state index in [0.29, 0.717) is 18.4 Å². The van der Waals surface area contributed by atoms with Gasteiger partial charge in [0.05, 0.1) is 13.1 Å². The molecule has 0 saturated heterocycles. The van der Waals surface area contributed by atoms with E-state index in [1.165, 1.54) is 12.8 Å². The van der Waals surface area contributed by atoms with Crippen LogP contribution in [0.1, 0.15) is 58.9 Å². The summed E-state index contributed by atoms with van der Waals surface area (Å²) in [6, 6.07) is 3.87. The van der Waals surface area contributed by atoms with Crippen molar-refractivity contribution in [2.45, 2.75) is 71.6 Å². The number of pyridine rings is 1. The van der Waals surface area contributed by atoms with Gasteiger partial charge >= 0.3 is 0 Å². The Balaban J connectivity index is 0.00000392. The number of rotatable bonds is 7. The third kappa shape index (κ3) is 9.57. The lowest BCUT2D eigenvalue weighted by Gasteiger charge is -2.21. The Morgan fingerprint density at radius 1 is 1.29 bits per heavy atom. The molecule has 0 unspecified atom stereocenters. The predicted molar refractivity (Wildman–Crippen MR) is 123 cm³/mol. The summed E-state index contributed by atoms with van der Waals surface area (Å²) in [6.07, 6.45) is 6.72. The molecule has 1 aliphatic carbocycles. The van der Waals surface area contributed by atoms with Crippen LogP contribution in [0.2, 0.25) is 0 Å². The van der Waals surface area contributed by atoms with Crippen molar-refractivity contribution in [3.05, 3.63) is 23.9 Å². The van der Waals surface area contributed by atoms with Crippen molar-refractivity contribution < 1.29 is 9.53 Å². The predicted octanol–water partition coefficient (Wildman–Crippen LogP) is 2.99. The number of carbonyl (C=O) groups excluding carboxylic acids is 1. The molecule has 1 fully saturated rings. The van der Waals surface area contributed by atoms with Gasteiger partial charge < -0.3 is 20.7 Å². The maximum Gasteiger partial charge on any atom is 0.239 e. The highest BCUT2D eigenvalue weighted by Gasteiger charge is 2.17. The number of hydrogen-bond donors (Lipinski definition) is 3. The molecule has 0 radical (unpaired) electrons. The van der Waals surface area contributed by atoms with Crippen LogP contribution in [0, 0.1) is 0 Å². The molecule has 1 aliphatic rings. The van der Waals surface area contributed by atoms with Crippen LogP contribution < -0.4 is 20.7 Å². The minimum atomic E-state index is -0.249. The number of nitrogens with one attached hydrogen (secondary N) is 3. The molecule has 0 aliphatic heterocycles. The monoisotopic (exact) mass is 503 g/mol. The molecule has 7 nitrogen and oxygen atoms in total. The maximum absolute atomic E-state index is 12.0. The van der Waals surface area contributed by atoms with Crippen molar-refractivity contribution in [2.24, 2.45) is 4.99 Å². The quantitative estimate of drug-likeness (QED) is 0.303. The zero-order valence-corrected chi connectivity index (χ0v) is 19.7. The van der Waals surface area contributed by atoms with E-state index in [4.69, 9.17) is 4.74 Å². The molecule has 0 aromatic carbocycles. The molecule has 8 heteroatoms. The molecule has 1 aromatic rings. The number of carbonyl (C=O) groups is 1. The minimum absolute atomic E-state index is 0. The van der Waals surface area contributed by atoms with Gasteiger partial charge in [-0.25, -0.2) is 9.98 Å². The molecule has 2 rings (SSSR count). The fraction of sp³-hybridized carbons (Fsp3) is 0.650. The molecule has 0 atom stereocenters. The van der Waals surface area contributed by atoms with E-state index in [1.807, 2.05) is 39.8 Å². The lowest BCUT2D eigenvalue weighted by atomic mass is 10.1. The number of nitrogens with zero attached hydrogens (tertiary/aromatic N) is 2. The van der Waals surface area contributed by atoms with E-state index >= 15 is 0 Å². The SMILES string of the molecule is CCNC(=NCc1ccnc(OC2CCCC2)c1)NCC(=O)NC(C)(C)C.I. The normalized spacial score (nSPS) is 14.9. The second-order valence-electron chi connectivity index (χ2n) is 7.87. The molecule has 158 valence electrons. The van der Waals surface area contributed by atoms with Crippen molar-refractivity contribution in [3.63, 3.8) is 0 Å². The van der Waals surface area contributed by atoms with Crippen molar-refractivity contribution >= 4 is 35.8 Å². The van der Waals surface area contributed by atoms with E-state index in [-0.39, 0.29) is 48.1 Å². The van der Waals surface area contributed by atoms with Crippen LogP contribution in [-0.2, 0) is 11.3 Å². The molecule has 1 aromatic heterocycles. The first-order chi connectivity index (χ1) is 12.9. The van der Waals surface area contributed by atoms with Gasteiger partial charge in [-0.15, -0.1) is 24.0 Å². The Bertz CT molecular complexity index is 640. The van der Waals surface area contributed by atoms with Crippen molar-refractivity contribution in [1.82, 2.24) is 20.9 Å². The Kier molecular flexibility index (Phi) is 10.6. The summed E-state index contributed by atoms with van der Waals surface area (Å²) >= 11 is 0.